The van der Waals surface area contributed by atoms with Crippen molar-refractivity contribution in [3.05, 3.63) is 0 Å². The maximum Gasteiger partial charge on any atom is 0.221 e. The molecular formula is C12H24N2O2. The predicted molar refractivity (Wildman–Crippen MR) is 64.2 cm³/mol. The van der Waals surface area contributed by atoms with E-state index in [1.165, 1.54) is 12.8 Å². The topological polar surface area (TPSA) is 52.6 Å². The van der Waals surface area contributed by atoms with Crippen molar-refractivity contribution in [3.63, 3.8) is 0 Å². The molecule has 1 heterocycles. The molecule has 0 aliphatic carbocycles. The summed E-state index contributed by atoms with van der Waals surface area (Å²) in [5, 5.41) is 12.1. The molecule has 0 bridgehead atoms. The third kappa shape index (κ3) is 4.49. The number of nitrogens with one attached hydrogen (secondary N) is 1. The van der Waals surface area contributed by atoms with Crippen molar-refractivity contribution in [2.24, 2.45) is 0 Å². The van der Waals surface area contributed by atoms with Gasteiger partial charge < -0.3 is 10.4 Å². The van der Waals surface area contributed by atoms with E-state index in [1.807, 2.05) is 13.8 Å². The summed E-state index contributed by atoms with van der Waals surface area (Å²) in [5.41, 5.74) is 0. The zero-order valence-corrected chi connectivity index (χ0v) is 10.4. The van der Waals surface area contributed by atoms with E-state index >= 15 is 0 Å². The largest absolute Gasteiger partial charge is 0.395 e. The first-order chi connectivity index (χ1) is 7.63. The van der Waals surface area contributed by atoms with Gasteiger partial charge in [0.15, 0.2) is 0 Å². The van der Waals surface area contributed by atoms with Crippen LogP contribution < -0.4 is 5.32 Å². The van der Waals surface area contributed by atoms with Crippen LogP contribution in [0.4, 0.5) is 0 Å². The maximum atomic E-state index is 11.5. The van der Waals surface area contributed by atoms with Gasteiger partial charge in [-0.2, -0.15) is 0 Å². The van der Waals surface area contributed by atoms with Gasteiger partial charge in [0.25, 0.3) is 0 Å². The number of aliphatic hydroxyl groups is 1. The lowest BCUT2D eigenvalue weighted by Crippen LogP contribution is -2.43. The van der Waals surface area contributed by atoms with Gasteiger partial charge in [0.1, 0.15) is 0 Å². The van der Waals surface area contributed by atoms with Gasteiger partial charge in [-0.1, -0.05) is 6.42 Å². The van der Waals surface area contributed by atoms with Gasteiger partial charge in [-0.15, -0.1) is 0 Å². The molecule has 1 rings (SSSR count). The number of hydrogen-bond donors (Lipinski definition) is 2. The third-order valence-corrected chi connectivity index (χ3v) is 3.04. The lowest BCUT2D eigenvalue weighted by molar-refractivity contribution is -0.122. The minimum Gasteiger partial charge on any atom is -0.395 e. The predicted octanol–water partition coefficient (Wildman–Crippen LogP) is 0.748. The number of likely N-dealkylation sites (tertiary alicyclic amines) is 1. The maximum absolute atomic E-state index is 11.5. The smallest absolute Gasteiger partial charge is 0.221 e. The fourth-order valence-corrected chi connectivity index (χ4v) is 2.20. The Balaban J connectivity index is 2.27. The lowest BCUT2D eigenvalue weighted by Gasteiger charge is -2.34. The van der Waals surface area contributed by atoms with Gasteiger partial charge in [0, 0.05) is 25.0 Å². The second-order valence-electron chi connectivity index (χ2n) is 4.84. The molecule has 1 unspecified atom stereocenters. The molecule has 1 fully saturated rings. The molecule has 4 nitrogen and oxygen atoms in total. The number of piperidine rings is 1. The molecule has 1 aliphatic heterocycles. The van der Waals surface area contributed by atoms with Gasteiger partial charge in [-0.05, 0) is 33.2 Å². The molecule has 0 aromatic carbocycles. The van der Waals surface area contributed by atoms with Gasteiger partial charge in [-0.3, -0.25) is 9.69 Å². The molecule has 0 saturated carbocycles. The summed E-state index contributed by atoms with van der Waals surface area (Å²) in [6, 6.07) is 0.475. The summed E-state index contributed by atoms with van der Waals surface area (Å²) in [5.74, 6) is 0.109. The van der Waals surface area contributed by atoms with Gasteiger partial charge >= 0.3 is 0 Å². The Hall–Kier alpha value is -0.610. The molecule has 0 radical (unpaired) electrons. The number of nitrogens with zero attached hydrogens (tertiary/aromatic N) is 1. The van der Waals surface area contributed by atoms with Crippen LogP contribution in [0.2, 0.25) is 0 Å². The third-order valence-electron chi connectivity index (χ3n) is 3.04. The van der Waals surface area contributed by atoms with E-state index < -0.39 is 0 Å². The first-order valence-electron chi connectivity index (χ1n) is 6.27. The molecule has 1 atom stereocenters. The second kappa shape index (κ2) is 6.86. The number of aliphatic hydroxyl groups excluding tert-OH is 1. The van der Waals surface area contributed by atoms with Crippen molar-refractivity contribution in [1.82, 2.24) is 10.2 Å². The molecular weight excluding hydrogens is 204 g/mol. The average molecular weight is 228 g/mol. The number of carbonyl (C=O) groups excluding carboxylic acids is 1. The fraction of sp³-hybridized carbons (Fsp3) is 0.917. The van der Waals surface area contributed by atoms with Crippen molar-refractivity contribution in [2.75, 3.05) is 19.7 Å². The quantitative estimate of drug-likeness (QED) is 0.730. The van der Waals surface area contributed by atoms with Crippen molar-refractivity contribution in [2.45, 2.75) is 51.6 Å². The highest BCUT2D eigenvalue weighted by atomic mass is 16.3. The van der Waals surface area contributed by atoms with Crippen LogP contribution in [0.3, 0.4) is 0 Å². The van der Waals surface area contributed by atoms with Crippen LogP contribution in [0.5, 0.6) is 0 Å². The van der Waals surface area contributed by atoms with Crippen LogP contribution in [0.1, 0.15) is 39.5 Å². The SMILES string of the molecule is CC(C)NC(=O)CCN1CCCCC1CO. The van der Waals surface area contributed by atoms with E-state index in [0.29, 0.717) is 6.42 Å². The van der Waals surface area contributed by atoms with Gasteiger partial charge in [0.2, 0.25) is 5.91 Å². The molecule has 2 N–H and O–H groups in total. The van der Waals surface area contributed by atoms with Gasteiger partial charge in [-0.25, -0.2) is 0 Å². The summed E-state index contributed by atoms with van der Waals surface area (Å²) in [4.78, 5) is 13.7. The minimum absolute atomic E-state index is 0.109. The zero-order valence-electron chi connectivity index (χ0n) is 10.4. The molecule has 0 aromatic rings. The molecule has 16 heavy (non-hydrogen) atoms. The Morgan fingerprint density at radius 2 is 2.25 bits per heavy atom. The molecule has 4 heteroatoms. The van der Waals surface area contributed by atoms with E-state index in [4.69, 9.17) is 0 Å². The Labute approximate surface area is 98.0 Å². The highest BCUT2D eigenvalue weighted by Crippen LogP contribution is 2.16. The normalized spacial score (nSPS) is 22.4. The van der Waals surface area contributed by atoms with E-state index in [9.17, 15) is 9.90 Å². The first-order valence-corrected chi connectivity index (χ1v) is 6.27. The molecule has 1 saturated heterocycles. The van der Waals surface area contributed by atoms with Crippen LogP contribution in [-0.2, 0) is 4.79 Å². The number of rotatable bonds is 5. The van der Waals surface area contributed by atoms with E-state index in [-0.39, 0.29) is 24.6 Å². The molecule has 0 aromatic heterocycles. The van der Waals surface area contributed by atoms with Crippen LogP contribution in [0.25, 0.3) is 0 Å². The summed E-state index contributed by atoms with van der Waals surface area (Å²) in [6.07, 6.45) is 3.97. The summed E-state index contributed by atoms with van der Waals surface area (Å²) >= 11 is 0. The van der Waals surface area contributed by atoms with E-state index in [2.05, 4.69) is 10.2 Å². The van der Waals surface area contributed by atoms with Crippen LogP contribution in [0.15, 0.2) is 0 Å². The monoisotopic (exact) mass is 228 g/mol. The molecule has 1 aliphatic rings. The number of hydrogen-bond acceptors (Lipinski definition) is 3. The summed E-state index contributed by atoms with van der Waals surface area (Å²) in [6.45, 7) is 5.93. The zero-order chi connectivity index (χ0) is 12.0. The lowest BCUT2D eigenvalue weighted by atomic mass is 10.0. The first kappa shape index (κ1) is 13.5. The second-order valence-corrected chi connectivity index (χ2v) is 4.84. The molecule has 94 valence electrons. The van der Waals surface area contributed by atoms with E-state index in [0.717, 1.165) is 19.5 Å². The standard InChI is InChI=1S/C12H24N2O2/c1-10(2)13-12(16)6-8-14-7-4-3-5-11(14)9-15/h10-11,15H,3-9H2,1-2H3,(H,13,16). The van der Waals surface area contributed by atoms with Crippen molar-refractivity contribution < 1.29 is 9.90 Å². The Bertz CT molecular complexity index is 219. The highest BCUT2D eigenvalue weighted by molar-refractivity contribution is 5.76. The van der Waals surface area contributed by atoms with Crippen LogP contribution in [0, 0.1) is 0 Å². The van der Waals surface area contributed by atoms with Crippen molar-refractivity contribution in [1.29, 1.82) is 0 Å². The minimum atomic E-state index is 0.109. The Morgan fingerprint density at radius 1 is 1.50 bits per heavy atom. The Morgan fingerprint density at radius 3 is 2.88 bits per heavy atom. The van der Waals surface area contributed by atoms with Gasteiger partial charge in [0.05, 0.1) is 6.61 Å². The summed E-state index contributed by atoms with van der Waals surface area (Å²) < 4.78 is 0. The van der Waals surface area contributed by atoms with Crippen LogP contribution in [-0.4, -0.2) is 47.7 Å². The van der Waals surface area contributed by atoms with Crippen molar-refractivity contribution >= 4 is 5.91 Å². The van der Waals surface area contributed by atoms with Crippen molar-refractivity contribution in [3.8, 4) is 0 Å². The molecule has 0 spiro atoms. The van der Waals surface area contributed by atoms with E-state index in [1.54, 1.807) is 0 Å². The molecule has 1 amide bonds. The summed E-state index contributed by atoms with van der Waals surface area (Å²) in [7, 11) is 0. The average Bonchev–Trinajstić information content (AvgIpc) is 2.26. The number of carbonyl (C=O) groups is 1. The highest BCUT2D eigenvalue weighted by Gasteiger charge is 2.21. The Kier molecular flexibility index (Phi) is 5.77. The number of amides is 1. The van der Waals surface area contributed by atoms with Crippen LogP contribution >= 0.6 is 0 Å². The fourth-order valence-electron chi connectivity index (χ4n) is 2.20.